The first kappa shape index (κ1) is 15.1. The molecule has 0 aromatic heterocycles. The van der Waals surface area contributed by atoms with Crippen molar-refractivity contribution in [3.8, 4) is 5.75 Å². The molecule has 1 unspecified atom stereocenters. The van der Waals surface area contributed by atoms with E-state index >= 15 is 0 Å². The number of nitrogens with one attached hydrogen (secondary N) is 1. The molecule has 4 nitrogen and oxygen atoms in total. The quantitative estimate of drug-likeness (QED) is 0.941. The predicted octanol–water partition coefficient (Wildman–Crippen LogP) is 2.91. The van der Waals surface area contributed by atoms with Gasteiger partial charge >= 0.3 is 0 Å². The van der Waals surface area contributed by atoms with Gasteiger partial charge in [0.2, 0.25) is 0 Å². The van der Waals surface area contributed by atoms with E-state index in [1.807, 2.05) is 30.3 Å². The van der Waals surface area contributed by atoms with E-state index in [0.29, 0.717) is 13.0 Å². The molecule has 2 aliphatic heterocycles. The van der Waals surface area contributed by atoms with Crippen LogP contribution in [-0.4, -0.2) is 25.1 Å². The minimum Gasteiger partial charge on any atom is -0.480 e. The van der Waals surface area contributed by atoms with Crippen LogP contribution in [0.1, 0.15) is 24.0 Å². The largest absolute Gasteiger partial charge is 0.480 e. The van der Waals surface area contributed by atoms with E-state index < -0.39 is 6.10 Å². The van der Waals surface area contributed by atoms with E-state index in [4.69, 9.17) is 4.74 Å². The molecule has 0 aliphatic carbocycles. The molecule has 1 fully saturated rings. The van der Waals surface area contributed by atoms with Crippen molar-refractivity contribution in [1.82, 2.24) is 5.32 Å². The number of rotatable bonds is 4. The highest BCUT2D eigenvalue weighted by Crippen LogP contribution is 2.28. The van der Waals surface area contributed by atoms with Gasteiger partial charge in [0.05, 0.1) is 0 Å². The lowest BCUT2D eigenvalue weighted by Gasteiger charge is -2.22. The van der Waals surface area contributed by atoms with Gasteiger partial charge in [0.15, 0.2) is 6.10 Å². The molecule has 1 saturated heterocycles. The van der Waals surface area contributed by atoms with Crippen LogP contribution >= 0.6 is 0 Å². The van der Waals surface area contributed by atoms with Crippen molar-refractivity contribution in [3.05, 3.63) is 59.7 Å². The van der Waals surface area contributed by atoms with Gasteiger partial charge in [0.1, 0.15) is 5.75 Å². The Morgan fingerprint density at radius 3 is 2.67 bits per heavy atom. The molecular formula is C20H22N2O2. The molecule has 1 N–H and O–H groups in total. The van der Waals surface area contributed by atoms with Crippen molar-refractivity contribution in [3.63, 3.8) is 0 Å². The molecule has 0 spiro atoms. The Hall–Kier alpha value is -2.49. The van der Waals surface area contributed by atoms with Crippen molar-refractivity contribution >= 4 is 11.6 Å². The number of anilines is 1. The normalized spacial score (nSPS) is 19.0. The summed E-state index contributed by atoms with van der Waals surface area (Å²) < 4.78 is 5.76. The average molecular weight is 322 g/mol. The lowest BCUT2D eigenvalue weighted by Crippen LogP contribution is -2.37. The van der Waals surface area contributed by atoms with Crippen LogP contribution in [0.5, 0.6) is 5.75 Å². The Labute approximate surface area is 142 Å². The lowest BCUT2D eigenvalue weighted by atomic mass is 10.1. The molecule has 24 heavy (non-hydrogen) atoms. The first-order valence-electron chi connectivity index (χ1n) is 8.66. The molecule has 4 rings (SSSR count). The van der Waals surface area contributed by atoms with E-state index in [2.05, 4.69) is 28.4 Å². The van der Waals surface area contributed by atoms with Crippen LogP contribution in [0.3, 0.4) is 0 Å². The zero-order chi connectivity index (χ0) is 16.4. The molecule has 1 amide bonds. The number of nitrogens with zero attached hydrogens (tertiary/aromatic N) is 1. The average Bonchev–Trinajstić information content (AvgIpc) is 3.29. The predicted molar refractivity (Wildman–Crippen MR) is 94.3 cm³/mol. The van der Waals surface area contributed by atoms with Gasteiger partial charge < -0.3 is 15.0 Å². The van der Waals surface area contributed by atoms with Crippen LogP contribution in [0, 0.1) is 0 Å². The van der Waals surface area contributed by atoms with Gasteiger partial charge in [-0.2, -0.15) is 0 Å². The highest BCUT2D eigenvalue weighted by Gasteiger charge is 2.28. The van der Waals surface area contributed by atoms with Crippen molar-refractivity contribution in [2.24, 2.45) is 0 Å². The molecule has 2 aliphatic rings. The van der Waals surface area contributed by atoms with Crippen LogP contribution in [0.2, 0.25) is 0 Å². The summed E-state index contributed by atoms with van der Waals surface area (Å²) in [6, 6.07) is 16.2. The molecular weight excluding hydrogens is 300 g/mol. The van der Waals surface area contributed by atoms with Crippen LogP contribution in [0.15, 0.2) is 48.5 Å². The third kappa shape index (κ3) is 2.96. The summed E-state index contributed by atoms with van der Waals surface area (Å²) in [5.41, 5.74) is 3.52. The van der Waals surface area contributed by atoms with Gasteiger partial charge in [-0.05, 0) is 36.1 Å². The lowest BCUT2D eigenvalue weighted by molar-refractivity contribution is -0.127. The van der Waals surface area contributed by atoms with Gasteiger partial charge in [-0.15, -0.1) is 0 Å². The van der Waals surface area contributed by atoms with Gasteiger partial charge in [-0.1, -0.05) is 36.4 Å². The molecule has 2 heterocycles. The minimum absolute atomic E-state index is 0.0394. The summed E-state index contributed by atoms with van der Waals surface area (Å²) in [7, 11) is 0. The van der Waals surface area contributed by atoms with E-state index in [0.717, 1.165) is 24.4 Å². The standard InChI is InChI=1S/C20H22N2O2/c23-20(19-13-15-7-2-4-10-18(15)24-19)21-14-16-8-1-3-9-17(16)22-11-5-6-12-22/h1-4,7-10,19H,5-6,11-14H2,(H,21,23). The molecule has 124 valence electrons. The number of hydrogen-bond acceptors (Lipinski definition) is 3. The number of para-hydroxylation sites is 2. The molecule has 0 bridgehead atoms. The van der Waals surface area contributed by atoms with Crippen molar-refractivity contribution < 1.29 is 9.53 Å². The van der Waals surface area contributed by atoms with Crippen LogP contribution in [-0.2, 0) is 17.8 Å². The second-order valence-electron chi connectivity index (χ2n) is 6.46. The maximum absolute atomic E-state index is 12.5. The van der Waals surface area contributed by atoms with Crippen LogP contribution < -0.4 is 15.0 Å². The summed E-state index contributed by atoms with van der Waals surface area (Å²) in [6.07, 6.45) is 2.72. The van der Waals surface area contributed by atoms with E-state index in [1.165, 1.54) is 24.1 Å². The SMILES string of the molecule is O=C(NCc1ccccc1N1CCCC1)C1Cc2ccccc2O1. The molecule has 2 aromatic rings. The number of carbonyl (C=O) groups excluding carboxylic acids is 1. The zero-order valence-electron chi connectivity index (χ0n) is 13.7. The van der Waals surface area contributed by atoms with Crippen molar-refractivity contribution in [2.45, 2.75) is 31.9 Å². The van der Waals surface area contributed by atoms with Crippen LogP contribution in [0.4, 0.5) is 5.69 Å². The fourth-order valence-electron chi connectivity index (χ4n) is 3.55. The number of hydrogen-bond donors (Lipinski definition) is 1. The fraction of sp³-hybridized carbons (Fsp3) is 0.350. The zero-order valence-corrected chi connectivity index (χ0v) is 13.7. The Bertz CT molecular complexity index is 713. The highest BCUT2D eigenvalue weighted by atomic mass is 16.5. The molecule has 1 atom stereocenters. The van der Waals surface area contributed by atoms with E-state index in [-0.39, 0.29) is 5.91 Å². The molecule has 2 aromatic carbocycles. The van der Waals surface area contributed by atoms with Gasteiger partial charge in [-0.25, -0.2) is 0 Å². The summed E-state index contributed by atoms with van der Waals surface area (Å²) in [6.45, 7) is 2.75. The Kier molecular flexibility index (Phi) is 4.11. The topological polar surface area (TPSA) is 41.6 Å². The van der Waals surface area contributed by atoms with Gasteiger partial charge in [0, 0.05) is 31.7 Å². The number of benzene rings is 2. The van der Waals surface area contributed by atoms with E-state index in [1.54, 1.807) is 0 Å². The number of amides is 1. The Morgan fingerprint density at radius 1 is 1.08 bits per heavy atom. The number of ether oxygens (including phenoxy) is 1. The van der Waals surface area contributed by atoms with Gasteiger partial charge in [-0.3, -0.25) is 4.79 Å². The second-order valence-corrected chi connectivity index (χ2v) is 6.46. The Balaban J connectivity index is 1.40. The summed E-state index contributed by atoms with van der Waals surface area (Å²) in [4.78, 5) is 14.9. The second kappa shape index (κ2) is 6.56. The van der Waals surface area contributed by atoms with E-state index in [9.17, 15) is 4.79 Å². The summed E-state index contributed by atoms with van der Waals surface area (Å²) >= 11 is 0. The van der Waals surface area contributed by atoms with Crippen LogP contribution in [0.25, 0.3) is 0 Å². The fourth-order valence-corrected chi connectivity index (χ4v) is 3.55. The molecule has 0 radical (unpaired) electrons. The summed E-state index contributed by atoms with van der Waals surface area (Å²) in [5.74, 6) is 0.789. The van der Waals surface area contributed by atoms with Crippen molar-refractivity contribution in [2.75, 3.05) is 18.0 Å². The first-order valence-corrected chi connectivity index (χ1v) is 8.66. The number of carbonyl (C=O) groups is 1. The third-order valence-corrected chi connectivity index (χ3v) is 4.83. The minimum atomic E-state index is -0.415. The Morgan fingerprint density at radius 2 is 1.83 bits per heavy atom. The highest BCUT2D eigenvalue weighted by molar-refractivity contribution is 5.82. The molecule has 4 heteroatoms. The maximum atomic E-state index is 12.5. The summed E-state index contributed by atoms with van der Waals surface area (Å²) in [5, 5.41) is 3.05. The number of fused-ring (bicyclic) bond motifs is 1. The molecule has 0 saturated carbocycles. The van der Waals surface area contributed by atoms with Crippen molar-refractivity contribution in [1.29, 1.82) is 0 Å². The smallest absolute Gasteiger partial charge is 0.261 e. The van der Waals surface area contributed by atoms with Gasteiger partial charge in [0.25, 0.3) is 5.91 Å². The third-order valence-electron chi connectivity index (χ3n) is 4.83. The maximum Gasteiger partial charge on any atom is 0.261 e. The first-order chi connectivity index (χ1) is 11.8. The monoisotopic (exact) mass is 322 g/mol.